The van der Waals surface area contributed by atoms with Gasteiger partial charge in [-0.05, 0) is 40.4 Å². The topological polar surface area (TPSA) is 41.8 Å². The third-order valence-electron chi connectivity index (χ3n) is 3.07. The third kappa shape index (κ3) is 1.78. The lowest BCUT2D eigenvalue weighted by atomic mass is 10.0. The zero-order valence-corrected chi connectivity index (χ0v) is 11.3. The van der Waals surface area contributed by atoms with Crippen molar-refractivity contribution in [2.24, 2.45) is 5.73 Å². The fourth-order valence-electron chi connectivity index (χ4n) is 2.16. The largest absolute Gasteiger partial charge is 0.357 e. The molecule has 0 saturated carbocycles. The van der Waals surface area contributed by atoms with E-state index in [9.17, 15) is 0 Å². The highest BCUT2D eigenvalue weighted by Gasteiger charge is 2.16. The lowest BCUT2D eigenvalue weighted by molar-refractivity contribution is 0.694. The maximum absolute atomic E-state index is 6.20. The van der Waals surface area contributed by atoms with Crippen LogP contribution < -0.4 is 5.73 Å². The highest BCUT2D eigenvalue weighted by molar-refractivity contribution is 9.10. The van der Waals surface area contributed by atoms with Crippen LogP contribution in [0, 0.1) is 0 Å². The summed E-state index contributed by atoms with van der Waals surface area (Å²) in [5.41, 5.74) is 9.90. The lowest BCUT2D eigenvalue weighted by Crippen LogP contribution is -2.10. The van der Waals surface area contributed by atoms with E-state index < -0.39 is 0 Å². The van der Waals surface area contributed by atoms with E-state index in [4.69, 9.17) is 5.73 Å². The monoisotopic (exact) mass is 280 g/mol. The van der Waals surface area contributed by atoms with Gasteiger partial charge in [0.2, 0.25) is 0 Å². The number of aromatic amines is 1. The Morgan fingerprint density at radius 1 is 1.38 bits per heavy atom. The molecule has 1 atom stereocenters. The summed E-state index contributed by atoms with van der Waals surface area (Å²) in [4.78, 5) is 3.47. The lowest BCUT2D eigenvalue weighted by Gasteiger charge is -2.10. The van der Waals surface area contributed by atoms with Crippen LogP contribution in [0.4, 0.5) is 0 Å². The van der Waals surface area contributed by atoms with Gasteiger partial charge < -0.3 is 10.7 Å². The molecule has 0 aliphatic heterocycles. The predicted octanol–water partition coefficient (Wildman–Crippen LogP) is 3.90. The Morgan fingerprint density at radius 2 is 2.12 bits per heavy atom. The summed E-state index contributed by atoms with van der Waals surface area (Å²) in [6.45, 7) is 4.28. The number of hydrogen-bond donors (Lipinski definition) is 2. The van der Waals surface area contributed by atoms with Crippen LogP contribution in [0.25, 0.3) is 10.9 Å². The van der Waals surface area contributed by atoms with E-state index in [2.05, 4.69) is 53.0 Å². The van der Waals surface area contributed by atoms with Gasteiger partial charge in [-0.3, -0.25) is 0 Å². The first-order valence-corrected chi connectivity index (χ1v) is 6.52. The first-order chi connectivity index (χ1) is 7.69. The molecule has 0 aliphatic rings. The number of aryl methyl sites for hydroxylation is 1. The van der Waals surface area contributed by atoms with Crippen molar-refractivity contribution in [2.45, 2.75) is 32.7 Å². The van der Waals surface area contributed by atoms with E-state index >= 15 is 0 Å². The molecule has 0 saturated heterocycles. The van der Waals surface area contributed by atoms with Gasteiger partial charge in [0, 0.05) is 21.6 Å². The minimum absolute atomic E-state index is 0.123. The Labute approximate surface area is 104 Å². The number of para-hydroxylation sites is 1. The van der Waals surface area contributed by atoms with Gasteiger partial charge in [0.25, 0.3) is 0 Å². The number of halogens is 1. The van der Waals surface area contributed by atoms with Gasteiger partial charge in [0.15, 0.2) is 0 Å². The molecule has 1 unspecified atom stereocenters. The number of nitrogens with one attached hydrogen (secondary N) is 1. The molecule has 16 heavy (non-hydrogen) atoms. The predicted molar refractivity (Wildman–Crippen MR) is 72.6 cm³/mol. The Kier molecular flexibility index (Phi) is 3.36. The zero-order chi connectivity index (χ0) is 11.7. The van der Waals surface area contributed by atoms with E-state index in [1.54, 1.807) is 0 Å². The highest BCUT2D eigenvalue weighted by atomic mass is 79.9. The van der Waals surface area contributed by atoms with Crippen LogP contribution in [-0.4, -0.2) is 4.98 Å². The molecule has 3 heteroatoms. The fourth-order valence-corrected chi connectivity index (χ4v) is 2.63. The molecule has 3 N–H and O–H groups in total. The Bertz CT molecular complexity index is 502. The summed E-state index contributed by atoms with van der Waals surface area (Å²) in [7, 11) is 0. The molecule has 2 aromatic rings. The molecular weight excluding hydrogens is 264 g/mol. The van der Waals surface area contributed by atoms with Crippen molar-refractivity contribution in [1.29, 1.82) is 0 Å². The van der Waals surface area contributed by atoms with Crippen molar-refractivity contribution < 1.29 is 0 Å². The first-order valence-electron chi connectivity index (χ1n) is 5.73. The van der Waals surface area contributed by atoms with Crippen LogP contribution in [0.5, 0.6) is 0 Å². The molecule has 0 fully saturated rings. The summed E-state index contributed by atoms with van der Waals surface area (Å²) in [6.07, 6.45) is 1.95. The second kappa shape index (κ2) is 4.60. The van der Waals surface area contributed by atoms with Crippen LogP contribution in [0.1, 0.15) is 37.6 Å². The molecule has 1 aromatic heterocycles. The molecule has 1 aromatic carbocycles. The Hall–Kier alpha value is -0.800. The van der Waals surface area contributed by atoms with Crippen molar-refractivity contribution in [2.75, 3.05) is 0 Å². The summed E-state index contributed by atoms with van der Waals surface area (Å²) >= 11 is 3.57. The normalized spacial score (nSPS) is 13.2. The van der Waals surface area contributed by atoms with Crippen molar-refractivity contribution in [3.8, 4) is 0 Å². The Balaban J connectivity index is 2.73. The average molecular weight is 281 g/mol. The van der Waals surface area contributed by atoms with Crippen molar-refractivity contribution in [1.82, 2.24) is 4.98 Å². The van der Waals surface area contributed by atoms with Gasteiger partial charge in [0.1, 0.15) is 0 Å². The molecule has 0 aliphatic carbocycles. The van der Waals surface area contributed by atoms with Gasteiger partial charge in [0.05, 0.1) is 5.52 Å². The molecule has 2 nitrogen and oxygen atoms in total. The van der Waals surface area contributed by atoms with E-state index in [0.717, 1.165) is 17.3 Å². The quantitative estimate of drug-likeness (QED) is 0.880. The van der Waals surface area contributed by atoms with Crippen LogP contribution >= 0.6 is 15.9 Å². The summed E-state index contributed by atoms with van der Waals surface area (Å²) < 4.78 is 1.11. The Morgan fingerprint density at radius 3 is 2.75 bits per heavy atom. The standard InChI is InChI=1S/C13H17BrN2/c1-3-10(15)12-8-6-5-7-9(14)13(8)16-11(12)4-2/h5-7,10,16H,3-4,15H2,1-2H3. The van der Waals surface area contributed by atoms with E-state index in [1.807, 2.05) is 0 Å². The maximum atomic E-state index is 6.20. The number of benzene rings is 1. The van der Waals surface area contributed by atoms with Crippen LogP contribution in [0.15, 0.2) is 22.7 Å². The van der Waals surface area contributed by atoms with Gasteiger partial charge in [-0.25, -0.2) is 0 Å². The number of aromatic nitrogens is 1. The van der Waals surface area contributed by atoms with Gasteiger partial charge in [-0.1, -0.05) is 26.0 Å². The number of fused-ring (bicyclic) bond motifs is 1. The first kappa shape index (κ1) is 11.7. The molecular formula is C13H17BrN2. The molecule has 0 amide bonds. The summed E-state index contributed by atoms with van der Waals surface area (Å²) in [5.74, 6) is 0. The average Bonchev–Trinajstić information content (AvgIpc) is 2.68. The number of H-pyrrole nitrogens is 1. The minimum atomic E-state index is 0.123. The van der Waals surface area contributed by atoms with Crippen molar-refractivity contribution in [3.05, 3.63) is 33.9 Å². The molecule has 2 rings (SSSR count). The highest BCUT2D eigenvalue weighted by Crippen LogP contribution is 2.32. The molecule has 86 valence electrons. The van der Waals surface area contributed by atoms with Crippen LogP contribution in [0.3, 0.4) is 0 Å². The zero-order valence-electron chi connectivity index (χ0n) is 9.68. The van der Waals surface area contributed by atoms with Crippen molar-refractivity contribution in [3.63, 3.8) is 0 Å². The number of nitrogens with two attached hydrogens (primary N) is 1. The van der Waals surface area contributed by atoms with Gasteiger partial charge >= 0.3 is 0 Å². The van der Waals surface area contributed by atoms with Crippen molar-refractivity contribution >= 4 is 26.8 Å². The van der Waals surface area contributed by atoms with Crippen LogP contribution in [-0.2, 0) is 6.42 Å². The van der Waals surface area contributed by atoms with E-state index in [0.29, 0.717) is 0 Å². The van der Waals surface area contributed by atoms with Gasteiger partial charge in [-0.2, -0.15) is 0 Å². The van der Waals surface area contributed by atoms with Gasteiger partial charge in [-0.15, -0.1) is 0 Å². The van der Waals surface area contributed by atoms with E-state index in [1.165, 1.54) is 22.2 Å². The SMILES string of the molecule is CCc1[nH]c2c(Br)cccc2c1C(N)CC. The number of hydrogen-bond acceptors (Lipinski definition) is 1. The molecule has 0 bridgehead atoms. The second-order valence-corrected chi connectivity index (χ2v) is 4.90. The molecule has 1 heterocycles. The smallest absolute Gasteiger partial charge is 0.0603 e. The number of rotatable bonds is 3. The summed E-state index contributed by atoms with van der Waals surface area (Å²) in [6, 6.07) is 6.38. The fraction of sp³-hybridized carbons (Fsp3) is 0.385. The maximum Gasteiger partial charge on any atom is 0.0603 e. The minimum Gasteiger partial charge on any atom is -0.357 e. The second-order valence-electron chi connectivity index (χ2n) is 4.05. The third-order valence-corrected chi connectivity index (χ3v) is 3.73. The molecule has 0 radical (unpaired) electrons. The van der Waals surface area contributed by atoms with Crippen LogP contribution in [0.2, 0.25) is 0 Å². The van der Waals surface area contributed by atoms with E-state index in [-0.39, 0.29) is 6.04 Å². The summed E-state index contributed by atoms with van der Waals surface area (Å²) in [5, 5.41) is 1.25. The molecule has 0 spiro atoms.